The fourth-order valence-corrected chi connectivity index (χ4v) is 4.19. The maximum atomic E-state index is 12.7. The highest BCUT2D eigenvalue weighted by Gasteiger charge is 2.29. The highest BCUT2D eigenvalue weighted by molar-refractivity contribution is 7.89. The number of rotatable bonds is 5. The molecule has 0 radical (unpaired) electrons. The molecule has 1 heterocycles. The summed E-state index contributed by atoms with van der Waals surface area (Å²) in [5.74, 6) is 0. The first-order valence-corrected chi connectivity index (χ1v) is 8.77. The summed E-state index contributed by atoms with van der Waals surface area (Å²) in [7, 11) is -0.0748. The molecule has 118 valence electrons. The molecule has 1 N–H and O–H groups in total. The monoisotopic (exact) mass is 332 g/mol. The largest absolute Gasteiger partial charge is 0.381 e. The van der Waals surface area contributed by atoms with Crippen LogP contribution in [0.15, 0.2) is 23.1 Å². The fourth-order valence-electron chi connectivity index (χ4n) is 2.43. The van der Waals surface area contributed by atoms with Gasteiger partial charge in [-0.3, -0.25) is 0 Å². The topological polar surface area (TPSA) is 58.6 Å². The molecule has 7 heteroatoms. The highest BCUT2D eigenvalue weighted by Crippen LogP contribution is 2.25. The van der Waals surface area contributed by atoms with Crippen molar-refractivity contribution in [1.82, 2.24) is 9.62 Å². The summed E-state index contributed by atoms with van der Waals surface area (Å²) in [6.45, 7) is 1.81. The van der Waals surface area contributed by atoms with Gasteiger partial charge < -0.3 is 10.1 Å². The van der Waals surface area contributed by atoms with E-state index in [0.717, 1.165) is 18.4 Å². The lowest BCUT2D eigenvalue weighted by molar-refractivity contribution is 0.0632. The standard InChI is InChI=1S/C14H21ClN2O3S/c1-16-10-11-3-4-13(9-14(11)15)21(18,19)17(2)12-5-7-20-8-6-12/h3-4,9,12,16H,5-8,10H2,1-2H3. The molecule has 5 nitrogen and oxygen atoms in total. The predicted molar refractivity (Wildman–Crippen MR) is 83.0 cm³/mol. The van der Waals surface area contributed by atoms with Gasteiger partial charge in [0.1, 0.15) is 0 Å². The first-order chi connectivity index (χ1) is 9.96. The van der Waals surface area contributed by atoms with Gasteiger partial charge in [-0.15, -0.1) is 0 Å². The summed E-state index contributed by atoms with van der Waals surface area (Å²) in [6, 6.07) is 4.88. The quantitative estimate of drug-likeness (QED) is 0.894. The van der Waals surface area contributed by atoms with Crippen molar-refractivity contribution < 1.29 is 13.2 Å². The summed E-state index contributed by atoms with van der Waals surface area (Å²) in [5.41, 5.74) is 0.881. The molecule has 1 aromatic rings. The Bertz CT molecular complexity index is 586. The molecule has 1 saturated heterocycles. The Morgan fingerprint density at radius 1 is 1.38 bits per heavy atom. The Hall–Kier alpha value is -0.660. The van der Waals surface area contributed by atoms with E-state index in [0.29, 0.717) is 24.8 Å². The number of ether oxygens (including phenoxy) is 1. The summed E-state index contributed by atoms with van der Waals surface area (Å²) in [5, 5.41) is 3.46. The fraction of sp³-hybridized carbons (Fsp3) is 0.571. The van der Waals surface area contributed by atoms with Crippen LogP contribution in [0.25, 0.3) is 0 Å². The molecular weight excluding hydrogens is 312 g/mol. The van der Waals surface area contributed by atoms with Gasteiger partial charge in [-0.25, -0.2) is 8.42 Å². The van der Waals surface area contributed by atoms with E-state index < -0.39 is 10.0 Å². The zero-order valence-electron chi connectivity index (χ0n) is 12.3. The third kappa shape index (κ3) is 3.76. The Kier molecular flexibility index (Phi) is 5.62. The van der Waals surface area contributed by atoms with E-state index in [1.165, 1.54) is 10.4 Å². The van der Waals surface area contributed by atoms with Crippen molar-refractivity contribution in [1.29, 1.82) is 0 Å². The number of benzene rings is 1. The van der Waals surface area contributed by atoms with Crippen LogP contribution in [0.2, 0.25) is 5.02 Å². The molecule has 0 unspecified atom stereocenters. The van der Waals surface area contributed by atoms with Gasteiger partial charge in [-0.1, -0.05) is 17.7 Å². The molecule has 1 aliphatic heterocycles. The number of nitrogens with zero attached hydrogens (tertiary/aromatic N) is 1. The molecule has 0 aromatic heterocycles. The van der Waals surface area contributed by atoms with Gasteiger partial charge >= 0.3 is 0 Å². The first kappa shape index (κ1) is 16.7. The molecule has 21 heavy (non-hydrogen) atoms. The number of hydrogen-bond acceptors (Lipinski definition) is 4. The van der Waals surface area contributed by atoms with E-state index in [1.54, 1.807) is 19.2 Å². The van der Waals surface area contributed by atoms with E-state index in [1.807, 2.05) is 7.05 Å². The minimum Gasteiger partial charge on any atom is -0.381 e. The van der Waals surface area contributed by atoms with E-state index in [2.05, 4.69) is 5.32 Å². The van der Waals surface area contributed by atoms with Gasteiger partial charge in [0.25, 0.3) is 0 Å². The smallest absolute Gasteiger partial charge is 0.243 e. The zero-order valence-corrected chi connectivity index (χ0v) is 13.9. The minimum atomic E-state index is -3.52. The van der Waals surface area contributed by atoms with Crippen LogP contribution in [-0.2, 0) is 21.3 Å². The normalized spacial score (nSPS) is 17.3. The number of sulfonamides is 1. The average molecular weight is 333 g/mol. The summed E-state index contributed by atoms with van der Waals surface area (Å²) < 4.78 is 32.1. The molecule has 0 saturated carbocycles. The molecule has 0 bridgehead atoms. The van der Waals surface area contributed by atoms with Crippen molar-refractivity contribution in [2.24, 2.45) is 0 Å². The maximum Gasteiger partial charge on any atom is 0.243 e. The number of halogens is 1. The van der Waals surface area contributed by atoms with Crippen LogP contribution in [-0.4, -0.2) is 46.1 Å². The predicted octanol–water partition coefficient (Wildman–Crippen LogP) is 1.86. The average Bonchev–Trinajstić information content (AvgIpc) is 2.49. The number of nitrogens with one attached hydrogen (secondary N) is 1. The zero-order chi connectivity index (χ0) is 15.5. The van der Waals surface area contributed by atoms with Gasteiger partial charge in [0, 0.05) is 37.9 Å². The Morgan fingerprint density at radius 3 is 2.62 bits per heavy atom. The minimum absolute atomic E-state index is 0.0143. The number of hydrogen-bond donors (Lipinski definition) is 1. The van der Waals surface area contributed by atoms with Gasteiger partial charge in [0.15, 0.2) is 0 Å². The van der Waals surface area contributed by atoms with E-state index in [4.69, 9.17) is 16.3 Å². The Labute approximate surface area is 131 Å². The SMILES string of the molecule is CNCc1ccc(S(=O)(=O)N(C)C2CCOCC2)cc1Cl. The Morgan fingerprint density at radius 2 is 2.05 bits per heavy atom. The van der Waals surface area contributed by atoms with Gasteiger partial charge in [0.2, 0.25) is 10.0 Å². The van der Waals surface area contributed by atoms with Crippen LogP contribution in [0.4, 0.5) is 0 Å². The van der Waals surface area contributed by atoms with E-state index >= 15 is 0 Å². The summed E-state index contributed by atoms with van der Waals surface area (Å²) in [6.07, 6.45) is 1.45. The molecule has 1 aliphatic rings. The van der Waals surface area contributed by atoms with Crippen LogP contribution >= 0.6 is 11.6 Å². The molecule has 0 amide bonds. The molecule has 1 aromatic carbocycles. The maximum absolute atomic E-state index is 12.7. The molecule has 0 atom stereocenters. The molecule has 0 aliphatic carbocycles. The van der Waals surface area contributed by atoms with Gasteiger partial charge in [0.05, 0.1) is 4.90 Å². The summed E-state index contributed by atoms with van der Waals surface area (Å²) >= 11 is 6.16. The van der Waals surface area contributed by atoms with Crippen molar-refractivity contribution in [2.75, 3.05) is 27.3 Å². The second kappa shape index (κ2) is 7.07. The third-order valence-corrected chi connectivity index (χ3v) is 6.03. The van der Waals surface area contributed by atoms with Crippen LogP contribution in [0.1, 0.15) is 18.4 Å². The van der Waals surface area contributed by atoms with Crippen molar-refractivity contribution in [3.63, 3.8) is 0 Å². The van der Waals surface area contributed by atoms with Crippen LogP contribution in [0, 0.1) is 0 Å². The second-order valence-electron chi connectivity index (χ2n) is 5.15. The third-order valence-electron chi connectivity index (χ3n) is 3.77. The van der Waals surface area contributed by atoms with Crippen LogP contribution < -0.4 is 5.32 Å². The van der Waals surface area contributed by atoms with Crippen LogP contribution in [0.5, 0.6) is 0 Å². The molecular formula is C14H21ClN2O3S. The second-order valence-corrected chi connectivity index (χ2v) is 7.55. The molecule has 0 spiro atoms. The van der Waals surface area contributed by atoms with Crippen LogP contribution in [0.3, 0.4) is 0 Å². The van der Waals surface area contributed by atoms with Crippen molar-refractivity contribution in [3.05, 3.63) is 28.8 Å². The van der Waals surface area contributed by atoms with E-state index in [9.17, 15) is 8.42 Å². The lowest BCUT2D eigenvalue weighted by Gasteiger charge is -2.30. The summed E-state index contributed by atoms with van der Waals surface area (Å²) in [4.78, 5) is 0.237. The molecule has 2 rings (SSSR count). The van der Waals surface area contributed by atoms with Crippen molar-refractivity contribution >= 4 is 21.6 Å². The lowest BCUT2D eigenvalue weighted by atomic mass is 10.1. The van der Waals surface area contributed by atoms with E-state index in [-0.39, 0.29) is 10.9 Å². The van der Waals surface area contributed by atoms with Crippen molar-refractivity contribution in [2.45, 2.75) is 30.3 Å². The van der Waals surface area contributed by atoms with Crippen molar-refractivity contribution in [3.8, 4) is 0 Å². The highest BCUT2D eigenvalue weighted by atomic mass is 35.5. The first-order valence-electron chi connectivity index (χ1n) is 6.95. The van der Waals surface area contributed by atoms with Gasteiger partial charge in [-0.05, 0) is 37.6 Å². The lowest BCUT2D eigenvalue weighted by Crippen LogP contribution is -2.40. The Balaban J connectivity index is 2.24. The van der Waals surface area contributed by atoms with Gasteiger partial charge in [-0.2, -0.15) is 4.31 Å². The molecule has 1 fully saturated rings.